The molecule has 0 unspecified atom stereocenters. The van der Waals surface area contributed by atoms with Gasteiger partial charge in [0.15, 0.2) is 11.0 Å². The summed E-state index contributed by atoms with van der Waals surface area (Å²) in [4.78, 5) is 20.4. The van der Waals surface area contributed by atoms with Crippen molar-refractivity contribution in [3.8, 4) is 10.7 Å². The van der Waals surface area contributed by atoms with Crippen molar-refractivity contribution in [2.45, 2.75) is 13.5 Å². The van der Waals surface area contributed by atoms with Gasteiger partial charge < -0.3 is 0 Å². The first kappa shape index (κ1) is 17.1. The Morgan fingerprint density at radius 3 is 2.76 bits per heavy atom. The van der Waals surface area contributed by atoms with E-state index < -0.39 is 24.1 Å². The SMILES string of the molecule is Cc1nc(NC(=O)c2ccc(F)cc2F)sc1-c1nccn1C(F)F. The molecule has 0 radical (unpaired) electrons. The highest BCUT2D eigenvalue weighted by atomic mass is 32.1. The van der Waals surface area contributed by atoms with Gasteiger partial charge in [-0.2, -0.15) is 8.78 Å². The molecule has 0 aliphatic rings. The van der Waals surface area contributed by atoms with Gasteiger partial charge in [-0.15, -0.1) is 0 Å². The molecule has 0 saturated heterocycles. The Balaban J connectivity index is 1.88. The van der Waals surface area contributed by atoms with Gasteiger partial charge in [0.1, 0.15) is 11.6 Å². The van der Waals surface area contributed by atoms with E-state index in [2.05, 4.69) is 15.3 Å². The van der Waals surface area contributed by atoms with E-state index in [1.165, 1.54) is 6.20 Å². The molecule has 2 aromatic heterocycles. The lowest BCUT2D eigenvalue weighted by Gasteiger charge is -2.04. The molecule has 25 heavy (non-hydrogen) atoms. The van der Waals surface area contributed by atoms with Crippen molar-refractivity contribution in [1.82, 2.24) is 14.5 Å². The molecule has 3 rings (SSSR count). The van der Waals surface area contributed by atoms with Crippen LogP contribution in [0, 0.1) is 18.6 Å². The predicted molar refractivity (Wildman–Crippen MR) is 83.6 cm³/mol. The van der Waals surface area contributed by atoms with Gasteiger partial charge in [-0.1, -0.05) is 11.3 Å². The van der Waals surface area contributed by atoms with Crippen LogP contribution in [0.25, 0.3) is 10.7 Å². The van der Waals surface area contributed by atoms with Crippen LogP contribution in [-0.2, 0) is 0 Å². The predicted octanol–water partition coefficient (Wildman–Crippen LogP) is 4.24. The second-order valence-corrected chi connectivity index (χ2v) is 5.95. The number of aryl methyl sites for hydroxylation is 1. The molecule has 3 aromatic rings. The number of nitrogens with one attached hydrogen (secondary N) is 1. The van der Waals surface area contributed by atoms with Crippen LogP contribution < -0.4 is 5.32 Å². The quantitative estimate of drug-likeness (QED) is 0.699. The molecular formula is C15H10F4N4OS. The molecule has 0 fully saturated rings. The zero-order valence-electron chi connectivity index (χ0n) is 12.6. The molecule has 0 atom stereocenters. The fraction of sp³-hybridized carbons (Fsp3) is 0.133. The monoisotopic (exact) mass is 370 g/mol. The number of hydrogen-bond donors (Lipinski definition) is 1. The molecule has 10 heteroatoms. The largest absolute Gasteiger partial charge is 0.320 e. The lowest BCUT2D eigenvalue weighted by Crippen LogP contribution is -2.13. The normalized spacial score (nSPS) is 11.1. The molecule has 0 bridgehead atoms. The maximum atomic E-state index is 13.6. The van der Waals surface area contributed by atoms with Gasteiger partial charge in [0.2, 0.25) is 0 Å². The summed E-state index contributed by atoms with van der Waals surface area (Å²) in [5.74, 6) is -2.63. The number of amides is 1. The number of thiazole rings is 1. The van der Waals surface area contributed by atoms with Crippen LogP contribution in [0.5, 0.6) is 0 Å². The molecular weight excluding hydrogens is 360 g/mol. The molecule has 0 aliphatic carbocycles. The topological polar surface area (TPSA) is 59.8 Å². The number of benzene rings is 1. The summed E-state index contributed by atoms with van der Waals surface area (Å²) in [5.41, 5.74) is 0.0258. The molecule has 0 spiro atoms. The van der Waals surface area contributed by atoms with E-state index >= 15 is 0 Å². The van der Waals surface area contributed by atoms with Crippen molar-refractivity contribution >= 4 is 22.4 Å². The molecule has 0 aliphatic heterocycles. The summed E-state index contributed by atoms with van der Waals surface area (Å²) in [6.45, 7) is -1.20. The minimum absolute atomic E-state index is 0.0125. The van der Waals surface area contributed by atoms with Crippen LogP contribution >= 0.6 is 11.3 Å². The summed E-state index contributed by atoms with van der Waals surface area (Å²) in [6.07, 6.45) is 2.36. The number of anilines is 1. The molecule has 1 aromatic carbocycles. The van der Waals surface area contributed by atoms with E-state index in [4.69, 9.17) is 0 Å². The Kier molecular flexibility index (Phi) is 4.53. The zero-order chi connectivity index (χ0) is 18.1. The number of rotatable bonds is 4. The first-order valence-corrected chi connectivity index (χ1v) is 7.73. The number of aromatic nitrogens is 3. The number of carbonyl (C=O) groups excluding carboxylic acids is 1. The molecule has 1 N–H and O–H groups in total. The summed E-state index contributed by atoms with van der Waals surface area (Å²) in [7, 11) is 0. The Hall–Kier alpha value is -2.75. The average molecular weight is 370 g/mol. The number of halogens is 4. The highest BCUT2D eigenvalue weighted by Crippen LogP contribution is 2.33. The van der Waals surface area contributed by atoms with E-state index in [0.717, 1.165) is 29.7 Å². The van der Waals surface area contributed by atoms with Crippen LogP contribution in [0.2, 0.25) is 0 Å². The maximum Gasteiger partial charge on any atom is 0.320 e. The van der Waals surface area contributed by atoms with Crippen LogP contribution in [0.3, 0.4) is 0 Å². The summed E-state index contributed by atoms with van der Waals surface area (Å²) >= 11 is 0.925. The highest BCUT2D eigenvalue weighted by molar-refractivity contribution is 7.19. The summed E-state index contributed by atoms with van der Waals surface area (Å²) < 4.78 is 53.1. The Bertz CT molecular complexity index is 938. The lowest BCUT2D eigenvalue weighted by molar-refractivity contribution is 0.0720. The molecule has 130 valence electrons. The Morgan fingerprint density at radius 2 is 2.08 bits per heavy atom. The van der Waals surface area contributed by atoms with E-state index in [9.17, 15) is 22.4 Å². The van der Waals surface area contributed by atoms with Gasteiger partial charge in [0.25, 0.3) is 5.91 Å². The second kappa shape index (κ2) is 6.63. The molecule has 0 saturated carbocycles. The van der Waals surface area contributed by atoms with Gasteiger partial charge in [-0.25, -0.2) is 18.7 Å². The first-order valence-electron chi connectivity index (χ1n) is 6.92. The number of carbonyl (C=O) groups is 1. The molecule has 1 amide bonds. The zero-order valence-corrected chi connectivity index (χ0v) is 13.5. The number of imidazole rings is 1. The van der Waals surface area contributed by atoms with Crippen molar-refractivity contribution < 1.29 is 22.4 Å². The first-order chi connectivity index (χ1) is 11.9. The van der Waals surface area contributed by atoms with Gasteiger partial charge >= 0.3 is 6.55 Å². The number of hydrogen-bond acceptors (Lipinski definition) is 4. The van der Waals surface area contributed by atoms with Crippen molar-refractivity contribution in [2.24, 2.45) is 0 Å². The lowest BCUT2D eigenvalue weighted by atomic mass is 10.2. The van der Waals surface area contributed by atoms with E-state index in [0.29, 0.717) is 21.2 Å². The number of alkyl halides is 2. The van der Waals surface area contributed by atoms with Crippen molar-refractivity contribution in [2.75, 3.05) is 5.32 Å². The van der Waals surface area contributed by atoms with Crippen molar-refractivity contribution in [1.29, 1.82) is 0 Å². The third-order valence-corrected chi connectivity index (χ3v) is 4.34. The van der Waals surface area contributed by atoms with E-state index in [1.807, 2.05) is 0 Å². The minimum Gasteiger partial charge on any atom is -0.298 e. The molecule has 2 heterocycles. The fourth-order valence-electron chi connectivity index (χ4n) is 2.14. The van der Waals surface area contributed by atoms with Crippen molar-refractivity contribution in [3.05, 3.63) is 53.5 Å². The van der Waals surface area contributed by atoms with Crippen LogP contribution in [0.15, 0.2) is 30.6 Å². The van der Waals surface area contributed by atoms with Crippen LogP contribution in [0.4, 0.5) is 22.7 Å². The van der Waals surface area contributed by atoms with Crippen LogP contribution in [-0.4, -0.2) is 20.4 Å². The standard InChI is InChI=1S/C15H10F4N4OS/c1-7-11(12-20-4-5-23(12)14(18)19)25-15(21-7)22-13(24)9-3-2-8(16)6-10(9)17/h2-6,14H,1H3,(H,21,22,24). The van der Waals surface area contributed by atoms with Gasteiger partial charge in [-0.3, -0.25) is 14.7 Å². The van der Waals surface area contributed by atoms with E-state index in [-0.39, 0.29) is 16.5 Å². The average Bonchev–Trinajstić information content (AvgIpc) is 3.13. The van der Waals surface area contributed by atoms with Gasteiger partial charge in [0, 0.05) is 18.5 Å². The maximum absolute atomic E-state index is 13.6. The smallest absolute Gasteiger partial charge is 0.298 e. The van der Waals surface area contributed by atoms with E-state index in [1.54, 1.807) is 6.92 Å². The van der Waals surface area contributed by atoms with Gasteiger partial charge in [0.05, 0.1) is 16.1 Å². The van der Waals surface area contributed by atoms with Crippen LogP contribution in [0.1, 0.15) is 22.6 Å². The highest BCUT2D eigenvalue weighted by Gasteiger charge is 2.20. The second-order valence-electron chi connectivity index (χ2n) is 4.95. The summed E-state index contributed by atoms with van der Waals surface area (Å²) in [5, 5.41) is 2.46. The molecule has 5 nitrogen and oxygen atoms in total. The van der Waals surface area contributed by atoms with Crippen molar-refractivity contribution in [3.63, 3.8) is 0 Å². The Morgan fingerprint density at radius 1 is 1.32 bits per heavy atom. The third kappa shape index (κ3) is 3.38. The summed E-state index contributed by atoms with van der Waals surface area (Å²) in [6, 6.07) is 2.55. The fourth-order valence-corrected chi connectivity index (χ4v) is 3.10. The number of nitrogens with zero attached hydrogens (tertiary/aromatic N) is 3. The minimum atomic E-state index is -2.77. The third-order valence-electron chi connectivity index (χ3n) is 3.27. The van der Waals surface area contributed by atoms with Gasteiger partial charge in [-0.05, 0) is 19.1 Å². The Labute approximate surface area is 143 Å².